The summed E-state index contributed by atoms with van der Waals surface area (Å²) in [4.78, 5) is 34.4. The first-order valence-electron chi connectivity index (χ1n) is 10.7. The van der Waals surface area contributed by atoms with Gasteiger partial charge in [-0.15, -0.1) is 0 Å². The summed E-state index contributed by atoms with van der Waals surface area (Å²) >= 11 is 6.07. The predicted octanol–water partition coefficient (Wildman–Crippen LogP) is 4.31. The van der Waals surface area contributed by atoms with Gasteiger partial charge in [-0.2, -0.15) is 0 Å². The Labute approximate surface area is 185 Å². The first-order valence-corrected chi connectivity index (χ1v) is 11.1. The largest absolute Gasteiger partial charge is 0.441 e. The standard InChI is InChI=1S/C23H25ClN4O3/c1-2-3-12-27-21-17(14-19(24)26-21)22(29)28(23(27)30)13-8-7-11-20-25-15-18(31-20)16-9-5-4-6-10-16/h4-6,9-10,15H,2-3,7-8,11-14H2,1H3. The summed E-state index contributed by atoms with van der Waals surface area (Å²) in [5, 5.41) is 0.354. The lowest BCUT2D eigenvalue weighted by molar-refractivity contribution is 0.473. The Morgan fingerprint density at radius 1 is 1.06 bits per heavy atom. The van der Waals surface area contributed by atoms with E-state index in [2.05, 4.69) is 16.9 Å². The van der Waals surface area contributed by atoms with Crippen molar-refractivity contribution < 1.29 is 4.42 Å². The fraction of sp³-hybridized carbons (Fsp3) is 0.391. The third kappa shape index (κ3) is 4.56. The molecule has 0 aliphatic carbocycles. The van der Waals surface area contributed by atoms with Gasteiger partial charge in [0, 0.05) is 31.5 Å². The maximum absolute atomic E-state index is 13.0. The predicted molar refractivity (Wildman–Crippen MR) is 121 cm³/mol. The average Bonchev–Trinajstić information content (AvgIpc) is 3.40. The number of aryl methyl sites for hydroxylation is 1. The van der Waals surface area contributed by atoms with Crippen LogP contribution in [0.4, 0.5) is 5.82 Å². The highest BCUT2D eigenvalue weighted by Crippen LogP contribution is 2.24. The minimum atomic E-state index is -0.310. The van der Waals surface area contributed by atoms with E-state index < -0.39 is 0 Å². The zero-order chi connectivity index (χ0) is 21.8. The Morgan fingerprint density at radius 3 is 2.61 bits per heavy atom. The van der Waals surface area contributed by atoms with E-state index in [1.807, 2.05) is 30.3 Å². The lowest BCUT2D eigenvalue weighted by Gasteiger charge is -2.13. The lowest BCUT2D eigenvalue weighted by Crippen LogP contribution is -2.41. The number of nitrogens with zero attached hydrogens (tertiary/aromatic N) is 4. The quantitative estimate of drug-likeness (QED) is 0.464. The Bertz CT molecular complexity index is 1210. The molecular weight excluding hydrogens is 416 g/mol. The SMILES string of the molecule is CCCCn1c2c(c(=O)n(CCCCc3ncc(-c4ccccc4)o3)c1=O)CC(Cl)=N2. The molecule has 3 heterocycles. The van der Waals surface area contributed by atoms with Gasteiger partial charge in [0.15, 0.2) is 11.7 Å². The molecule has 0 saturated heterocycles. The summed E-state index contributed by atoms with van der Waals surface area (Å²) in [7, 11) is 0. The van der Waals surface area contributed by atoms with Gasteiger partial charge >= 0.3 is 5.69 Å². The number of hydrogen-bond donors (Lipinski definition) is 0. The van der Waals surface area contributed by atoms with Crippen LogP contribution in [0.2, 0.25) is 0 Å². The number of hydrogen-bond acceptors (Lipinski definition) is 5. The first-order chi connectivity index (χ1) is 15.1. The third-order valence-corrected chi connectivity index (χ3v) is 5.63. The minimum Gasteiger partial charge on any atom is -0.441 e. The lowest BCUT2D eigenvalue weighted by atomic mass is 10.2. The van der Waals surface area contributed by atoms with Crippen molar-refractivity contribution in [2.24, 2.45) is 4.99 Å². The van der Waals surface area contributed by atoms with Gasteiger partial charge in [0.25, 0.3) is 5.56 Å². The van der Waals surface area contributed by atoms with Crippen LogP contribution in [0.15, 0.2) is 55.5 Å². The fourth-order valence-corrected chi connectivity index (χ4v) is 3.96. The number of benzene rings is 1. The van der Waals surface area contributed by atoms with Crippen LogP contribution < -0.4 is 11.2 Å². The van der Waals surface area contributed by atoms with Gasteiger partial charge < -0.3 is 4.42 Å². The summed E-state index contributed by atoms with van der Waals surface area (Å²) in [6.45, 7) is 2.94. The molecule has 31 heavy (non-hydrogen) atoms. The summed E-state index contributed by atoms with van der Waals surface area (Å²) < 4.78 is 8.75. The minimum absolute atomic E-state index is 0.283. The molecule has 1 aliphatic heterocycles. The maximum Gasteiger partial charge on any atom is 0.332 e. The van der Waals surface area contributed by atoms with E-state index in [4.69, 9.17) is 16.0 Å². The van der Waals surface area contributed by atoms with Crippen molar-refractivity contribution in [1.29, 1.82) is 0 Å². The maximum atomic E-state index is 13.0. The van der Waals surface area contributed by atoms with Crippen LogP contribution in [0, 0.1) is 0 Å². The molecule has 0 spiro atoms. The third-order valence-electron chi connectivity index (χ3n) is 5.41. The van der Waals surface area contributed by atoms with Gasteiger partial charge in [0.05, 0.1) is 11.8 Å². The number of fused-ring (bicyclic) bond motifs is 1. The van der Waals surface area contributed by atoms with Gasteiger partial charge in [-0.3, -0.25) is 13.9 Å². The molecule has 0 saturated carbocycles. The van der Waals surface area contributed by atoms with Crippen molar-refractivity contribution in [3.8, 4) is 11.3 Å². The van der Waals surface area contributed by atoms with Crippen molar-refractivity contribution in [1.82, 2.24) is 14.1 Å². The molecule has 4 rings (SSSR count). The molecule has 0 atom stereocenters. The van der Waals surface area contributed by atoms with Crippen LogP contribution in [0.5, 0.6) is 0 Å². The Hall–Kier alpha value is -2.93. The van der Waals surface area contributed by atoms with Gasteiger partial charge in [0.2, 0.25) is 0 Å². The van der Waals surface area contributed by atoms with E-state index in [1.54, 1.807) is 10.8 Å². The monoisotopic (exact) mass is 440 g/mol. The second kappa shape index (κ2) is 9.47. The zero-order valence-electron chi connectivity index (χ0n) is 17.5. The van der Waals surface area contributed by atoms with E-state index in [1.165, 1.54) is 4.57 Å². The number of halogens is 1. The molecule has 0 fully saturated rings. The molecule has 1 aromatic carbocycles. The van der Waals surface area contributed by atoms with Crippen molar-refractivity contribution >= 4 is 22.6 Å². The van der Waals surface area contributed by atoms with E-state index >= 15 is 0 Å². The normalized spacial score (nSPS) is 12.8. The highest BCUT2D eigenvalue weighted by molar-refractivity contribution is 6.66. The van der Waals surface area contributed by atoms with Gasteiger partial charge in [-0.25, -0.2) is 14.8 Å². The molecule has 0 amide bonds. The summed E-state index contributed by atoms with van der Waals surface area (Å²) in [6, 6.07) is 9.82. The average molecular weight is 441 g/mol. The number of unbranched alkanes of at least 4 members (excludes halogenated alkanes) is 2. The van der Waals surface area contributed by atoms with Crippen LogP contribution in [-0.4, -0.2) is 19.3 Å². The van der Waals surface area contributed by atoms with Crippen LogP contribution in [0.3, 0.4) is 0 Å². The van der Waals surface area contributed by atoms with Crippen LogP contribution in [-0.2, 0) is 25.9 Å². The number of aromatic nitrogens is 3. The first kappa shape index (κ1) is 21.3. The zero-order valence-corrected chi connectivity index (χ0v) is 18.3. The van der Waals surface area contributed by atoms with E-state index in [0.717, 1.165) is 30.6 Å². The smallest absolute Gasteiger partial charge is 0.332 e. The fourth-order valence-electron chi connectivity index (χ4n) is 3.75. The summed E-state index contributed by atoms with van der Waals surface area (Å²) in [5.74, 6) is 1.82. The number of rotatable bonds is 9. The Balaban J connectivity index is 1.44. The molecule has 0 radical (unpaired) electrons. The number of aliphatic imine (C=N–C) groups is 1. The second-order valence-electron chi connectivity index (χ2n) is 7.65. The molecule has 7 nitrogen and oxygen atoms in total. The molecule has 0 bridgehead atoms. The molecule has 3 aromatic rings. The highest BCUT2D eigenvalue weighted by atomic mass is 35.5. The topological polar surface area (TPSA) is 82.4 Å². The van der Waals surface area contributed by atoms with Crippen molar-refractivity contribution in [2.75, 3.05) is 0 Å². The Kier molecular flexibility index (Phi) is 6.51. The van der Waals surface area contributed by atoms with E-state index in [9.17, 15) is 9.59 Å². The van der Waals surface area contributed by atoms with Crippen molar-refractivity contribution in [3.05, 3.63) is 68.8 Å². The summed E-state index contributed by atoms with van der Waals surface area (Å²) in [5.41, 5.74) is 0.907. The summed E-state index contributed by atoms with van der Waals surface area (Å²) in [6.07, 6.45) is 5.87. The highest BCUT2D eigenvalue weighted by Gasteiger charge is 2.24. The molecule has 162 valence electrons. The van der Waals surface area contributed by atoms with Crippen LogP contribution >= 0.6 is 11.6 Å². The van der Waals surface area contributed by atoms with E-state index in [-0.39, 0.29) is 11.2 Å². The van der Waals surface area contributed by atoms with Crippen LogP contribution in [0.1, 0.15) is 44.1 Å². The molecule has 8 heteroatoms. The second-order valence-corrected chi connectivity index (χ2v) is 8.09. The van der Waals surface area contributed by atoms with Gasteiger partial charge in [0.1, 0.15) is 11.0 Å². The molecular formula is C23H25ClN4O3. The molecule has 2 aromatic heterocycles. The van der Waals surface area contributed by atoms with Gasteiger partial charge in [-0.1, -0.05) is 55.3 Å². The molecule has 0 unspecified atom stereocenters. The van der Waals surface area contributed by atoms with E-state index in [0.29, 0.717) is 54.8 Å². The molecule has 0 N–H and O–H groups in total. The molecule has 1 aliphatic rings. The van der Waals surface area contributed by atoms with Crippen molar-refractivity contribution in [2.45, 2.75) is 58.5 Å². The van der Waals surface area contributed by atoms with Crippen molar-refractivity contribution in [3.63, 3.8) is 0 Å². The van der Waals surface area contributed by atoms with Gasteiger partial charge in [-0.05, 0) is 19.3 Å². The number of oxazole rings is 1. The van der Waals surface area contributed by atoms with Crippen LogP contribution in [0.25, 0.3) is 11.3 Å². The Morgan fingerprint density at radius 2 is 1.84 bits per heavy atom.